The summed E-state index contributed by atoms with van der Waals surface area (Å²) < 4.78 is 15.1. The number of fused-ring (bicyclic) bond motifs is 1. The molecular weight excluding hydrogens is 285 g/mol. The van der Waals surface area contributed by atoms with Crippen LogP contribution in [-0.2, 0) is 12.3 Å². The molecule has 1 heterocycles. The van der Waals surface area contributed by atoms with Crippen molar-refractivity contribution < 1.29 is 4.39 Å². The van der Waals surface area contributed by atoms with Gasteiger partial charge in [0.25, 0.3) is 0 Å². The second-order valence-corrected chi connectivity index (χ2v) is 5.77. The van der Waals surface area contributed by atoms with E-state index in [1.54, 1.807) is 17.8 Å². The first-order valence-corrected chi connectivity index (χ1v) is 7.80. The van der Waals surface area contributed by atoms with E-state index in [1.807, 2.05) is 16.8 Å². The van der Waals surface area contributed by atoms with E-state index in [9.17, 15) is 4.39 Å². The number of thioether (sulfide) groups is 1. The molecule has 0 aliphatic heterocycles. The number of halogens is 1. The van der Waals surface area contributed by atoms with Gasteiger partial charge in [0.15, 0.2) is 0 Å². The van der Waals surface area contributed by atoms with Crippen LogP contribution in [0, 0.1) is 5.82 Å². The zero-order valence-corrected chi connectivity index (χ0v) is 12.5. The van der Waals surface area contributed by atoms with Gasteiger partial charge in [0, 0.05) is 28.3 Å². The van der Waals surface area contributed by atoms with E-state index < -0.39 is 0 Å². The van der Waals surface area contributed by atoms with Crippen LogP contribution < -0.4 is 5.73 Å². The summed E-state index contributed by atoms with van der Waals surface area (Å²) in [6.07, 6.45) is 0. The maximum Gasteiger partial charge on any atom is 0.125 e. The molecule has 0 radical (unpaired) electrons. The standard InChI is InChI=1S/C16H16FN3S/c1-2-20-15-6-4-3-5-12(15)14(19-20)10-21-16-8-7-11(17)9-13(16)18/h3-9H,2,10,18H2,1H3. The van der Waals surface area contributed by atoms with Crippen LogP contribution in [0.5, 0.6) is 0 Å². The summed E-state index contributed by atoms with van der Waals surface area (Å²) in [5, 5.41) is 5.81. The minimum Gasteiger partial charge on any atom is -0.398 e. The van der Waals surface area contributed by atoms with E-state index in [-0.39, 0.29) is 5.82 Å². The normalized spacial score (nSPS) is 11.1. The Kier molecular flexibility index (Phi) is 3.84. The van der Waals surface area contributed by atoms with E-state index in [1.165, 1.54) is 12.1 Å². The van der Waals surface area contributed by atoms with Crippen LogP contribution in [0.15, 0.2) is 47.4 Å². The number of hydrogen-bond acceptors (Lipinski definition) is 3. The van der Waals surface area contributed by atoms with Crippen molar-refractivity contribution in [3.8, 4) is 0 Å². The largest absolute Gasteiger partial charge is 0.398 e. The number of rotatable bonds is 4. The molecule has 0 aliphatic carbocycles. The van der Waals surface area contributed by atoms with Crippen LogP contribution in [0.3, 0.4) is 0 Å². The summed E-state index contributed by atoms with van der Waals surface area (Å²) in [6, 6.07) is 12.7. The van der Waals surface area contributed by atoms with Gasteiger partial charge in [-0.05, 0) is 31.2 Å². The SMILES string of the molecule is CCn1nc(CSc2ccc(F)cc2N)c2ccccc21. The summed E-state index contributed by atoms with van der Waals surface area (Å²) in [4.78, 5) is 0.881. The van der Waals surface area contributed by atoms with Gasteiger partial charge in [-0.2, -0.15) is 5.10 Å². The molecule has 0 fully saturated rings. The first-order chi connectivity index (χ1) is 10.2. The Balaban J connectivity index is 1.88. The highest BCUT2D eigenvalue weighted by Crippen LogP contribution is 2.30. The quantitative estimate of drug-likeness (QED) is 0.583. The first-order valence-electron chi connectivity index (χ1n) is 6.81. The van der Waals surface area contributed by atoms with Gasteiger partial charge in [-0.3, -0.25) is 4.68 Å². The van der Waals surface area contributed by atoms with Crippen molar-refractivity contribution in [1.82, 2.24) is 9.78 Å². The van der Waals surface area contributed by atoms with Crippen LogP contribution in [0.4, 0.5) is 10.1 Å². The fraction of sp³-hybridized carbons (Fsp3) is 0.188. The molecule has 0 amide bonds. The minimum absolute atomic E-state index is 0.308. The summed E-state index contributed by atoms with van der Waals surface area (Å²) in [5.74, 6) is 0.404. The Morgan fingerprint density at radius 2 is 2.05 bits per heavy atom. The zero-order chi connectivity index (χ0) is 14.8. The number of para-hydroxylation sites is 1. The molecule has 5 heteroatoms. The second-order valence-electron chi connectivity index (χ2n) is 4.75. The lowest BCUT2D eigenvalue weighted by Crippen LogP contribution is -1.96. The number of anilines is 1. The summed E-state index contributed by atoms with van der Waals surface area (Å²) in [5.41, 5.74) is 8.48. The highest BCUT2D eigenvalue weighted by atomic mass is 32.2. The lowest BCUT2D eigenvalue weighted by atomic mass is 10.2. The smallest absolute Gasteiger partial charge is 0.125 e. The zero-order valence-electron chi connectivity index (χ0n) is 11.7. The van der Waals surface area contributed by atoms with Crippen molar-refractivity contribution in [2.24, 2.45) is 0 Å². The summed E-state index contributed by atoms with van der Waals surface area (Å²) in [7, 11) is 0. The lowest BCUT2D eigenvalue weighted by molar-refractivity contribution is 0.627. The maximum atomic E-state index is 13.1. The average Bonchev–Trinajstić information content (AvgIpc) is 2.85. The number of benzene rings is 2. The molecule has 1 aromatic heterocycles. The molecule has 2 aromatic carbocycles. The lowest BCUT2D eigenvalue weighted by Gasteiger charge is -2.04. The second kappa shape index (κ2) is 5.77. The van der Waals surface area contributed by atoms with E-state index in [4.69, 9.17) is 5.73 Å². The van der Waals surface area contributed by atoms with Gasteiger partial charge in [-0.1, -0.05) is 18.2 Å². The molecule has 21 heavy (non-hydrogen) atoms. The van der Waals surface area contributed by atoms with E-state index >= 15 is 0 Å². The van der Waals surface area contributed by atoms with E-state index in [0.717, 1.165) is 28.0 Å². The van der Waals surface area contributed by atoms with Crippen molar-refractivity contribution in [2.45, 2.75) is 24.1 Å². The van der Waals surface area contributed by atoms with Gasteiger partial charge in [-0.25, -0.2) is 4.39 Å². The molecule has 0 saturated carbocycles. The number of nitrogens with two attached hydrogens (primary N) is 1. The first kappa shape index (κ1) is 13.9. The molecule has 0 unspecified atom stereocenters. The Morgan fingerprint density at radius 1 is 1.24 bits per heavy atom. The number of nitrogen functional groups attached to an aromatic ring is 1. The Bertz CT molecular complexity index is 782. The van der Waals surface area contributed by atoms with E-state index in [2.05, 4.69) is 24.2 Å². The molecule has 0 aliphatic rings. The van der Waals surface area contributed by atoms with Crippen molar-refractivity contribution in [3.05, 3.63) is 54.0 Å². The van der Waals surface area contributed by atoms with Crippen molar-refractivity contribution in [1.29, 1.82) is 0 Å². The molecule has 0 saturated heterocycles. The Labute approximate surface area is 127 Å². The molecule has 2 N–H and O–H groups in total. The third-order valence-electron chi connectivity index (χ3n) is 3.37. The molecule has 0 bridgehead atoms. The molecule has 3 nitrogen and oxygen atoms in total. The van der Waals surface area contributed by atoms with Crippen molar-refractivity contribution in [3.63, 3.8) is 0 Å². The van der Waals surface area contributed by atoms with Crippen molar-refractivity contribution >= 4 is 28.4 Å². The predicted octanol–water partition coefficient (Wildman–Crippen LogP) is 4.07. The number of hydrogen-bond donors (Lipinski definition) is 1. The number of nitrogens with zero attached hydrogens (tertiary/aromatic N) is 2. The van der Waals surface area contributed by atoms with Crippen LogP contribution >= 0.6 is 11.8 Å². The van der Waals surface area contributed by atoms with Gasteiger partial charge in [-0.15, -0.1) is 11.8 Å². The molecule has 3 aromatic rings. The van der Waals surface area contributed by atoms with Crippen molar-refractivity contribution in [2.75, 3.05) is 5.73 Å². The Hall–Kier alpha value is -2.01. The Morgan fingerprint density at radius 3 is 2.81 bits per heavy atom. The minimum atomic E-state index is -0.308. The fourth-order valence-electron chi connectivity index (χ4n) is 2.34. The van der Waals surface area contributed by atoms with Crippen LogP contribution in [0.25, 0.3) is 10.9 Å². The van der Waals surface area contributed by atoms with Gasteiger partial charge in [0.2, 0.25) is 0 Å². The molecule has 0 atom stereocenters. The van der Waals surface area contributed by atoms with Crippen LogP contribution in [-0.4, -0.2) is 9.78 Å². The fourth-order valence-corrected chi connectivity index (χ4v) is 3.24. The summed E-state index contributed by atoms with van der Waals surface area (Å²) >= 11 is 1.58. The maximum absolute atomic E-state index is 13.1. The van der Waals surface area contributed by atoms with Gasteiger partial charge >= 0.3 is 0 Å². The number of aromatic nitrogens is 2. The predicted molar refractivity (Wildman–Crippen MR) is 85.8 cm³/mol. The molecular formula is C16H16FN3S. The molecule has 3 rings (SSSR count). The summed E-state index contributed by atoms with van der Waals surface area (Å²) in [6.45, 7) is 2.91. The molecule has 0 spiro atoms. The molecule has 108 valence electrons. The van der Waals surface area contributed by atoms with Crippen LogP contribution in [0.1, 0.15) is 12.6 Å². The monoisotopic (exact) mass is 301 g/mol. The van der Waals surface area contributed by atoms with Gasteiger partial charge in [0.05, 0.1) is 11.2 Å². The highest BCUT2D eigenvalue weighted by Gasteiger charge is 2.10. The number of aryl methyl sites for hydroxylation is 1. The van der Waals surface area contributed by atoms with E-state index in [0.29, 0.717) is 11.4 Å². The third kappa shape index (κ3) is 2.74. The third-order valence-corrected chi connectivity index (χ3v) is 4.47. The highest BCUT2D eigenvalue weighted by molar-refractivity contribution is 7.98. The van der Waals surface area contributed by atoms with Gasteiger partial charge < -0.3 is 5.73 Å². The van der Waals surface area contributed by atoms with Gasteiger partial charge in [0.1, 0.15) is 5.82 Å². The topological polar surface area (TPSA) is 43.8 Å². The average molecular weight is 301 g/mol. The van der Waals surface area contributed by atoms with Crippen LogP contribution in [0.2, 0.25) is 0 Å².